The van der Waals surface area contributed by atoms with Crippen LogP contribution in [-0.4, -0.2) is 22.9 Å². The van der Waals surface area contributed by atoms with Crippen LogP contribution in [0.1, 0.15) is 32.0 Å². The van der Waals surface area contributed by atoms with Gasteiger partial charge in [0.2, 0.25) is 5.13 Å². The number of thiazole rings is 1. The van der Waals surface area contributed by atoms with Gasteiger partial charge in [0, 0.05) is 16.7 Å². The van der Waals surface area contributed by atoms with Crippen molar-refractivity contribution in [3.63, 3.8) is 0 Å². The van der Waals surface area contributed by atoms with Crippen molar-refractivity contribution in [2.75, 3.05) is 5.01 Å². The Morgan fingerprint density at radius 3 is 2.38 bits per heavy atom. The van der Waals surface area contributed by atoms with E-state index in [-0.39, 0.29) is 10.9 Å². The van der Waals surface area contributed by atoms with Gasteiger partial charge in [-0.25, -0.2) is 9.37 Å². The number of carbonyl (C=O) groups excluding carboxylic acids is 2. The lowest BCUT2D eigenvalue weighted by Gasteiger charge is -2.14. The van der Waals surface area contributed by atoms with Gasteiger partial charge in [-0.05, 0) is 42.5 Å². The number of amides is 1. The van der Waals surface area contributed by atoms with Crippen molar-refractivity contribution in [1.82, 2.24) is 4.98 Å². The number of carbonyl (C=O) groups is 2. The number of nitrogens with zero attached hydrogens (tertiary/aromatic N) is 3. The number of furan rings is 1. The topological polar surface area (TPSA) is 75.8 Å². The van der Waals surface area contributed by atoms with E-state index in [0.717, 1.165) is 16.3 Å². The smallest absolute Gasteiger partial charge is 0.280 e. The second-order valence-electron chi connectivity index (χ2n) is 7.26. The summed E-state index contributed by atoms with van der Waals surface area (Å²) < 4.78 is 19.5. The number of rotatable bonds is 6. The van der Waals surface area contributed by atoms with Crippen LogP contribution in [0.3, 0.4) is 0 Å². The van der Waals surface area contributed by atoms with E-state index in [2.05, 4.69) is 10.1 Å². The first-order valence-electron chi connectivity index (χ1n) is 10.3. The predicted molar refractivity (Wildman–Crippen MR) is 129 cm³/mol. The minimum absolute atomic E-state index is 0.138. The Balaban J connectivity index is 1.48. The molecule has 0 atom stereocenters. The third kappa shape index (κ3) is 4.39. The first-order valence-corrected chi connectivity index (χ1v) is 11.1. The molecule has 0 aliphatic carbocycles. The summed E-state index contributed by atoms with van der Waals surface area (Å²) in [5.74, 6) is -0.534. The van der Waals surface area contributed by atoms with E-state index < -0.39 is 11.7 Å². The quantitative estimate of drug-likeness (QED) is 0.175. The number of anilines is 1. The minimum atomic E-state index is -0.457. The van der Waals surface area contributed by atoms with Gasteiger partial charge in [-0.1, -0.05) is 53.8 Å². The number of hydrazone groups is 1. The van der Waals surface area contributed by atoms with Crippen molar-refractivity contribution in [2.24, 2.45) is 5.10 Å². The van der Waals surface area contributed by atoms with Crippen molar-refractivity contribution in [3.8, 4) is 0 Å². The molecule has 3 aromatic carbocycles. The van der Waals surface area contributed by atoms with Gasteiger partial charge in [0.1, 0.15) is 11.6 Å². The molecule has 0 fully saturated rings. The number of halogens is 1. The van der Waals surface area contributed by atoms with E-state index in [9.17, 15) is 14.0 Å². The number of ketones is 1. The van der Waals surface area contributed by atoms with Gasteiger partial charge < -0.3 is 4.42 Å². The van der Waals surface area contributed by atoms with Gasteiger partial charge in [-0.15, -0.1) is 0 Å². The Bertz CT molecular complexity index is 1490. The van der Waals surface area contributed by atoms with Gasteiger partial charge in [0.15, 0.2) is 5.78 Å². The highest BCUT2D eigenvalue weighted by atomic mass is 32.1. The van der Waals surface area contributed by atoms with Crippen LogP contribution in [0.4, 0.5) is 9.52 Å². The van der Waals surface area contributed by atoms with E-state index >= 15 is 0 Å². The van der Waals surface area contributed by atoms with Crippen LogP contribution in [-0.2, 0) is 0 Å². The van der Waals surface area contributed by atoms with Crippen LogP contribution < -0.4 is 5.01 Å². The molecule has 1 amide bonds. The molecule has 0 spiro atoms. The standard InChI is InChI=1S/C26H16FN3O3S/c27-20-12-13-22-23(15-20)34-26(29-22)30(28-16-21-7-4-14-33-21)25(32)19-10-8-18(9-11-19)24(31)17-5-2-1-3-6-17/h1-16H/b28-16+. The van der Waals surface area contributed by atoms with E-state index in [4.69, 9.17) is 4.42 Å². The molecule has 6 nitrogen and oxygen atoms in total. The highest BCUT2D eigenvalue weighted by molar-refractivity contribution is 7.22. The average molecular weight is 469 g/mol. The van der Waals surface area contributed by atoms with Crippen molar-refractivity contribution in [1.29, 1.82) is 0 Å². The first kappa shape index (κ1) is 21.4. The zero-order chi connectivity index (χ0) is 23.5. The summed E-state index contributed by atoms with van der Waals surface area (Å²) >= 11 is 1.14. The molecule has 0 N–H and O–H groups in total. The third-order valence-electron chi connectivity index (χ3n) is 4.99. The molecule has 34 heavy (non-hydrogen) atoms. The van der Waals surface area contributed by atoms with Crippen molar-refractivity contribution in [2.45, 2.75) is 0 Å². The zero-order valence-electron chi connectivity index (χ0n) is 17.6. The summed E-state index contributed by atoms with van der Waals surface area (Å²) in [5, 5.41) is 5.70. The van der Waals surface area contributed by atoms with Gasteiger partial charge in [-0.3, -0.25) is 9.59 Å². The van der Waals surface area contributed by atoms with Crippen LogP contribution in [0.25, 0.3) is 10.2 Å². The molecule has 2 heterocycles. The maximum absolute atomic E-state index is 13.7. The molecule has 5 rings (SSSR count). The molecule has 0 unspecified atom stereocenters. The van der Waals surface area contributed by atoms with E-state index in [0.29, 0.717) is 32.7 Å². The highest BCUT2D eigenvalue weighted by Gasteiger charge is 2.22. The van der Waals surface area contributed by atoms with E-state index in [1.54, 1.807) is 66.7 Å². The second-order valence-corrected chi connectivity index (χ2v) is 8.27. The maximum Gasteiger partial charge on any atom is 0.280 e. The highest BCUT2D eigenvalue weighted by Crippen LogP contribution is 2.30. The molecule has 0 bridgehead atoms. The molecular weight excluding hydrogens is 453 g/mol. The summed E-state index contributed by atoms with van der Waals surface area (Å²) in [5.41, 5.74) is 1.89. The number of fused-ring (bicyclic) bond motifs is 1. The summed E-state index contributed by atoms with van der Waals surface area (Å²) in [4.78, 5) is 30.5. The lowest BCUT2D eigenvalue weighted by Crippen LogP contribution is -2.25. The lowest BCUT2D eigenvalue weighted by atomic mass is 10.0. The Kier molecular flexibility index (Phi) is 5.80. The van der Waals surface area contributed by atoms with Crippen molar-refractivity contribution in [3.05, 3.63) is 119 Å². The molecule has 166 valence electrons. The Morgan fingerprint density at radius 1 is 0.912 bits per heavy atom. The number of hydrogen-bond donors (Lipinski definition) is 0. The SMILES string of the molecule is O=C(c1ccccc1)c1ccc(C(=O)N(/N=C/c2ccco2)c2nc3ccc(F)cc3s2)cc1. The second kappa shape index (κ2) is 9.21. The third-order valence-corrected chi connectivity index (χ3v) is 5.98. The summed E-state index contributed by atoms with van der Waals surface area (Å²) in [6.45, 7) is 0. The van der Waals surface area contributed by atoms with Crippen LogP contribution in [0, 0.1) is 5.82 Å². The van der Waals surface area contributed by atoms with Gasteiger partial charge >= 0.3 is 0 Å². The maximum atomic E-state index is 13.7. The molecule has 5 aromatic rings. The largest absolute Gasteiger partial charge is 0.463 e. The molecule has 0 aliphatic rings. The number of benzene rings is 3. The molecule has 0 aliphatic heterocycles. The Morgan fingerprint density at radius 2 is 1.65 bits per heavy atom. The fraction of sp³-hybridized carbons (Fsp3) is 0. The lowest BCUT2D eigenvalue weighted by molar-refractivity contribution is 0.0985. The summed E-state index contributed by atoms with van der Waals surface area (Å²) in [7, 11) is 0. The fourth-order valence-electron chi connectivity index (χ4n) is 3.29. The van der Waals surface area contributed by atoms with E-state index in [1.807, 2.05) is 6.07 Å². The Labute approximate surface area is 197 Å². The van der Waals surface area contributed by atoms with Crippen molar-refractivity contribution >= 4 is 44.6 Å². The van der Waals surface area contributed by atoms with Crippen LogP contribution in [0.2, 0.25) is 0 Å². The average Bonchev–Trinajstić information content (AvgIpc) is 3.54. The first-order chi connectivity index (χ1) is 16.6. The van der Waals surface area contributed by atoms with Gasteiger partial charge in [-0.2, -0.15) is 10.1 Å². The molecule has 2 aromatic heterocycles. The molecular formula is C26H16FN3O3S. The van der Waals surface area contributed by atoms with E-state index in [1.165, 1.54) is 24.6 Å². The molecule has 0 saturated carbocycles. The Hall–Kier alpha value is -4.43. The number of aromatic nitrogens is 1. The number of hydrogen-bond acceptors (Lipinski definition) is 6. The van der Waals surface area contributed by atoms with Crippen LogP contribution in [0.5, 0.6) is 0 Å². The normalized spacial score (nSPS) is 11.2. The van der Waals surface area contributed by atoms with Gasteiger partial charge in [0.05, 0.1) is 22.7 Å². The zero-order valence-corrected chi connectivity index (χ0v) is 18.4. The summed E-state index contributed by atoms with van der Waals surface area (Å²) in [6, 6.07) is 22.9. The van der Waals surface area contributed by atoms with Gasteiger partial charge in [0.25, 0.3) is 5.91 Å². The van der Waals surface area contributed by atoms with Crippen molar-refractivity contribution < 1.29 is 18.4 Å². The molecule has 0 saturated heterocycles. The monoisotopic (exact) mass is 469 g/mol. The molecule has 8 heteroatoms. The van der Waals surface area contributed by atoms with Crippen LogP contribution in [0.15, 0.2) is 101 Å². The minimum Gasteiger partial charge on any atom is -0.463 e. The predicted octanol–water partition coefficient (Wildman–Crippen LogP) is 5.94. The van der Waals surface area contributed by atoms with Crippen LogP contribution >= 0.6 is 11.3 Å². The molecule has 0 radical (unpaired) electrons. The summed E-state index contributed by atoms with van der Waals surface area (Å²) in [6.07, 6.45) is 2.90. The fourth-order valence-corrected chi connectivity index (χ4v) is 4.23.